The summed E-state index contributed by atoms with van der Waals surface area (Å²) in [5, 5.41) is 13.1. The number of benzene rings is 1. The fourth-order valence-electron chi connectivity index (χ4n) is 2.97. The average molecular weight is 372 g/mol. The molecule has 2 rings (SSSR count). The Morgan fingerprint density at radius 3 is 2.52 bits per heavy atom. The Labute approximate surface area is 162 Å². The van der Waals surface area contributed by atoms with Crippen LogP contribution >= 0.6 is 0 Å². The first-order chi connectivity index (χ1) is 13.1. The average Bonchev–Trinajstić information content (AvgIpc) is 3.17. The summed E-state index contributed by atoms with van der Waals surface area (Å²) in [4.78, 5) is 14.7. The van der Waals surface area contributed by atoms with E-state index in [1.54, 1.807) is 0 Å². The van der Waals surface area contributed by atoms with Crippen molar-refractivity contribution in [3.63, 3.8) is 0 Å². The summed E-state index contributed by atoms with van der Waals surface area (Å²) in [6, 6.07) is 10.2. The Morgan fingerprint density at radius 2 is 1.93 bits per heavy atom. The van der Waals surface area contributed by atoms with Gasteiger partial charge in [-0.1, -0.05) is 44.2 Å². The van der Waals surface area contributed by atoms with E-state index in [2.05, 4.69) is 53.1 Å². The van der Waals surface area contributed by atoms with E-state index < -0.39 is 0 Å². The van der Waals surface area contributed by atoms with Gasteiger partial charge >= 0.3 is 0 Å². The van der Waals surface area contributed by atoms with Crippen molar-refractivity contribution < 1.29 is 5.11 Å². The fourth-order valence-corrected chi connectivity index (χ4v) is 2.97. The van der Waals surface area contributed by atoms with Crippen LogP contribution in [0.3, 0.4) is 0 Å². The lowest BCUT2D eigenvalue weighted by atomic mass is 9.83. The number of aliphatic hydroxyl groups is 1. The predicted octanol–water partition coefficient (Wildman–Crippen LogP) is 3.27. The molecule has 3 N–H and O–H groups in total. The highest BCUT2D eigenvalue weighted by Gasteiger charge is 2.25. The van der Waals surface area contributed by atoms with Crippen LogP contribution in [0.5, 0.6) is 0 Å². The summed E-state index contributed by atoms with van der Waals surface area (Å²) in [5.74, 6) is 1.72. The van der Waals surface area contributed by atoms with Crippen molar-refractivity contribution in [2.24, 2.45) is 10.4 Å². The van der Waals surface area contributed by atoms with Crippen molar-refractivity contribution in [3.8, 4) is 11.3 Å². The molecule has 0 spiro atoms. The van der Waals surface area contributed by atoms with Gasteiger partial charge < -0.3 is 20.3 Å². The molecule has 0 unspecified atom stereocenters. The SMILES string of the molecule is CCNC(=NCC(CC)(CC)CO)N(C)Cc1ncc(-c2ccccc2)[nH]1. The van der Waals surface area contributed by atoms with E-state index in [1.807, 2.05) is 31.4 Å². The van der Waals surface area contributed by atoms with Gasteiger partial charge in [0, 0.05) is 19.0 Å². The van der Waals surface area contributed by atoms with Crippen LogP contribution in [0.2, 0.25) is 0 Å². The monoisotopic (exact) mass is 371 g/mol. The second kappa shape index (κ2) is 10.1. The number of H-pyrrole nitrogens is 1. The summed E-state index contributed by atoms with van der Waals surface area (Å²) in [5.41, 5.74) is 1.99. The summed E-state index contributed by atoms with van der Waals surface area (Å²) < 4.78 is 0. The predicted molar refractivity (Wildman–Crippen MR) is 112 cm³/mol. The number of aliphatic imine (C=N–C) groups is 1. The molecule has 1 aromatic heterocycles. The molecule has 0 amide bonds. The number of aliphatic hydroxyl groups excluding tert-OH is 1. The molecule has 0 saturated heterocycles. The lowest BCUT2D eigenvalue weighted by molar-refractivity contribution is 0.123. The Bertz CT molecular complexity index is 698. The van der Waals surface area contributed by atoms with Gasteiger partial charge in [0.15, 0.2) is 5.96 Å². The number of imidazole rings is 1. The van der Waals surface area contributed by atoms with Gasteiger partial charge in [0.05, 0.1) is 31.6 Å². The summed E-state index contributed by atoms with van der Waals surface area (Å²) in [7, 11) is 2.00. The number of hydrogen-bond acceptors (Lipinski definition) is 3. The van der Waals surface area contributed by atoms with Crippen LogP contribution in [0.1, 0.15) is 39.4 Å². The molecular weight excluding hydrogens is 338 g/mol. The van der Waals surface area contributed by atoms with Crippen molar-refractivity contribution in [1.29, 1.82) is 0 Å². The van der Waals surface area contributed by atoms with E-state index in [4.69, 9.17) is 4.99 Å². The first-order valence-electron chi connectivity index (χ1n) is 9.77. The molecule has 0 aliphatic carbocycles. The summed E-state index contributed by atoms with van der Waals surface area (Å²) in [6.07, 6.45) is 3.68. The molecule has 6 heteroatoms. The fraction of sp³-hybridized carbons (Fsp3) is 0.524. The van der Waals surface area contributed by atoms with Gasteiger partial charge in [0.1, 0.15) is 5.82 Å². The standard InChI is InChI=1S/C21H33N5O/c1-5-21(6-2,16-27)15-24-20(22-7-3)26(4)14-19-23-13-18(25-19)17-11-9-8-10-12-17/h8-13,27H,5-7,14-16H2,1-4H3,(H,22,24)(H,23,25). The van der Waals surface area contributed by atoms with E-state index in [1.165, 1.54) is 0 Å². The van der Waals surface area contributed by atoms with Crippen LogP contribution in [-0.4, -0.2) is 52.7 Å². The van der Waals surface area contributed by atoms with E-state index in [9.17, 15) is 5.11 Å². The van der Waals surface area contributed by atoms with Crippen molar-refractivity contribution >= 4 is 5.96 Å². The van der Waals surface area contributed by atoms with Crippen molar-refractivity contribution in [3.05, 3.63) is 42.4 Å². The lowest BCUT2D eigenvalue weighted by Crippen LogP contribution is -2.40. The Hall–Kier alpha value is -2.34. The minimum atomic E-state index is -0.146. The third kappa shape index (κ3) is 5.57. The minimum absolute atomic E-state index is 0.146. The number of nitrogens with one attached hydrogen (secondary N) is 2. The molecule has 0 saturated carbocycles. The maximum atomic E-state index is 9.79. The molecule has 1 heterocycles. The van der Waals surface area contributed by atoms with Gasteiger partial charge in [-0.25, -0.2) is 4.98 Å². The van der Waals surface area contributed by atoms with Crippen LogP contribution in [0, 0.1) is 5.41 Å². The highest BCUT2D eigenvalue weighted by molar-refractivity contribution is 5.79. The maximum Gasteiger partial charge on any atom is 0.194 e. The normalized spacial score (nSPS) is 12.3. The summed E-state index contributed by atoms with van der Waals surface area (Å²) >= 11 is 0. The zero-order valence-electron chi connectivity index (χ0n) is 17.0. The van der Waals surface area contributed by atoms with Crippen LogP contribution in [-0.2, 0) is 6.54 Å². The Balaban J connectivity index is 2.09. The van der Waals surface area contributed by atoms with Gasteiger partial charge in [-0.2, -0.15) is 0 Å². The molecule has 0 aliphatic heterocycles. The first-order valence-corrected chi connectivity index (χ1v) is 9.77. The van der Waals surface area contributed by atoms with Crippen LogP contribution in [0.4, 0.5) is 0 Å². The van der Waals surface area contributed by atoms with Gasteiger partial charge in [-0.3, -0.25) is 4.99 Å². The largest absolute Gasteiger partial charge is 0.396 e. The number of rotatable bonds is 9. The molecule has 6 nitrogen and oxygen atoms in total. The molecule has 0 aliphatic rings. The van der Waals surface area contributed by atoms with Crippen molar-refractivity contribution in [1.82, 2.24) is 20.2 Å². The molecule has 0 bridgehead atoms. The van der Waals surface area contributed by atoms with Gasteiger partial charge in [0.2, 0.25) is 0 Å². The number of guanidine groups is 1. The number of aromatic amines is 1. The molecular formula is C21H33N5O. The first kappa shape index (κ1) is 21.0. The molecule has 27 heavy (non-hydrogen) atoms. The molecule has 0 atom stereocenters. The van der Waals surface area contributed by atoms with Gasteiger partial charge in [-0.05, 0) is 25.3 Å². The molecule has 1 aromatic carbocycles. The number of nitrogens with zero attached hydrogens (tertiary/aromatic N) is 3. The molecule has 0 radical (unpaired) electrons. The lowest BCUT2D eigenvalue weighted by Gasteiger charge is -2.29. The minimum Gasteiger partial charge on any atom is -0.396 e. The zero-order chi connectivity index (χ0) is 19.7. The van der Waals surface area contributed by atoms with E-state index >= 15 is 0 Å². The highest BCUT2D eigenvalue weighted by atomic mass is 16.3. The number of aromatic nitrogens is 2. The highest BCUT2D eigenvalue weighted by Crippen LogP contribution is 2.26. The summed E-state index contributed by atoms with van der Waals surface area (Å²) in [6.45, 7) is 8.47. The van der Waals surface area contributed by atoms with E-state index in [0.29, 0.717) is 13.1 Å². The van der Waals surface area contributed by atoms with Crippen LogP contribution in [0.15, 0.2) is 41.5 Å². The zero-order valence-corrected chi connectivity index (χ0v) is 17.0. The topological polar surface area (TPSA) is 76.5 Å². The van der Waals surface area contributed by atoms with Crippen molar-refractivity contribution in [2.75, 3.05) is 26.7 Å². The third-order valence-electron chi connectivity index (χ3n) is 5.20. The molecule has 2 aromatic rings. The quantitative estimate of drug-likeness (QED) is 0.467. The van der Waals surface area contributed by atoms with Gasteiger partial charge in [-0.15, -0.1) is 0 Å². The second-order valence-corrected chi connectivity index (χ2v) is 7.00. The van der Waals surface area contributed by atoms with Crippen molar-refractivity contribution in [2.45, 2.75) is 40.2 Å². The molecule has 0 fully saturated rings. The molecule has 148 valence electrons. The maximum absolute atomic E-state index is 9.79. The Morgan fingerprint density at radius 1 is 1.22 bits per heavy atom. The van der Waals surface area contributed by atoms with Crippen LogP contribution < -0.4 is 5.32 Å². The smallest absolute Gasteiger partial charge is 0.194 e. The third-order valence-corrected chi connectivity index (χ3v) is 5.20. The van der Waals surface area contributed by atoms with E-state index in [-0.39, 0.29) is 12.0 Å². The number of hydrogen-bond donors (Lipinski definition) is 3. The second-order valence-electron chi connectivity index (χ2n) is 7.00. The van der Waals surface area contributed by atoms with E-state index in [0.717, 1.165) is 42.4 Å². The van der Waals surface area contributed by atoms with Crippen LogP contribution in [0.25, 0.3) is 11.3 Å². The van der Waals surface area contributed by atoms with Gasteiger partial charge in [0.25, 0.3) is 0 Å². The Kier molecular flexibility index (Phi) is 7.85.